The molecule has 0 fully saturated rings. The van der Waals surface area contributed by atoms with Crippen LogP contribution in [0.1, 0.15) is 5.56 Å². The molecule has 1 aromatic rings. The topological polar surface area (TPSA) is 0 Å². The Morgan fingerprint density at radius 1 is 1.33 bits per heavy atom. The van der Waals surface area contributed by atoms with Gasteiger partial charge in [0.15, 0.2) is 0 Å². The Labute approximate surface area is 113 Å². The van der Waals surface area contributed by atoms with Gasteiger partial charge in [-0.25, -0.2) is 0 Å². The molecule has 0 saturated heterocycles. The Morgan fingerprint density at radius 3 is 2.40 bits per heavy atom. The van der Waals surface area contributed by atoms with Gasteiger partial charge < -0.3 is 0 Å². The third kappa shape index (κ3) is 4.69. The van der Waals surface area contributed by atoms with Crippen molar-refractivity contribution in [2.24, 2.45) is 0 Å². The first-order valence-electron chi connectivity index (χ1n) is 4.51. The minimum absolute atomic E-state index is 0.930. The van der Waals surface area contributed by atoms with E-state index in [1.807, 2.05) is 0 Å². The van der Waals surface area contributed by atoms with Gasteiger partial charge in [-0.2, -0.15) is 11.3 Å². The lowest BCUT2D eigenvalue weighted by molar-refractivity contribution is 1.80. The molecular weight excluding hydrogens is 352 g/mol. The van der Waals surface area contributed by atoms with Crippen LogP contribution < -0.4 is 0 Å². The van der Waals surface area contributed by atoms with Crippen molar-refractivity contribution in [1.29, 1.82) is 0 Å². The molecule has 0 nitrogen and oxygen atoms in total. The molecule has 1 rings (SSSR count). The summed E-state index contributed by atoms with van der Waals surface area (Å²) in [6.07, 6.45) is 0. The summed E-state index contributed by atoms with van der Waals surface area (Å²) in [5.41, 5.74) is 5.58. The van der Waals surface area contributed by atoms with Crippen molar-refractivity contribution >= 4 is 56.8 Å². The fraction of sp³-hybridized carbons (Fsp3) is 0.273. The minimum atomic E-state index is -1.31. The molecule has 0 amide bonds. The van der Waals surface area contributed by atoms with Crippen molar-refractivity contribution in [1.82, 2.24) is 0 Å². The average molecular weight is 364 g/mol. The van der Waals surface area contributed by atoms with Crippen molar-refractivity contribution in [3.8, 4) is 11.5 Å². The first-order valence-corrected chi connectivity index (χ1v) is 10.5. The third-order valence-corrected chi connectivity index (χ3v) is 3.91. The van der Waals surface area contributed by atoms with E-state index in [1.54, 1.807) is 11.3 Å². The second-order valence-corrected chi connectivity index (χ2v) is 12.3. The summed E-state index contributed by atoms with van der Waals surface area (Å²) >= 11 is 8.57. The lowest BCUT2D eigenvalue weighted by Gasteiger charge is -2.04. The molecule has 0 radical (unpaired) electrons. The first-order chi connectivity index (χ1) is 6.90. The minimum Gasteiger partial charge on any atom is -0.152 e. The fourth-order valence-corrected chi connectivity index (χ4v) is 2.69. The van der Waals surface area contributed by atoms with Crippen molar-refractivity contribution in [3.05, 3.63) is 25.8 Å². The van der Waals surface area contributed by atoms with E-state index in [2.05, 4.69) is 79.8 Å². The molecule has 0 aromatic carbocycles. The van der Waals surface area contributed by atoms with E-state index >= 15 is 0 Å². The number of halogens is 2. The van der Waals surface area contributed by atoms with Crippen LogP contribution in [0.3, 0.4) is 0 Å². The summed E-state index contributed by atoms with van der Waals surface area (Å²) in [5.74, 6) is 3.27. The van der Waals surface area contributed by atoms with Gasteiger partial charge in [0.05, 0.1) is 8.96 Å². The number of rotatable bonds is 1. The molecule has 0 spiro atoms. The summed E-state index contributed by atoms with van der Waals surface area (Å²) < 4.78 is 0.930. The third-order valence-electron chi connectivity index (χ3n) is 1.56. The van der Waals surface area contributed by atoms with E-state index in [0.717, 1.165) is 8.96 Å². The molecule has 0 atom stereocenters. The summed E-state index contributed by atoms with van der Waals surface area (Å²) in [5, 5.41) is 4.17. The Balaban J connectivity index is 3.07. The molecule has 0 aliphatic rings. The maximum Gasteiger partial charge on any atom is 0.129 e. The molecule has 15 heavy (non-hydrogen) atoms. The van der Waals surface area contributed by atoms with Gasteiger partial charge in [0.25, 0.3) is 0 Å². The number of hydrogen-bond acceptors (Lipinski definition) is 1. The summed E-state index contributed by atoms with van der Waals surface area (Å²) in [6, 6.07) is 2.08. The van der Waals surface area contributed by atoms with Crippen LogP contribution in [0.15, 0.2) is 20.2 Å². The van der Waals surface area contributed by atoms with E-state index in [4.69, 9.17) is 0 Å². The normalized spacial score (nSPS) is 10.5. The zero-order valence-electron chi connectivity index (χ0n) is 8.90. The smallest absolute Gasteiger partial charge is 0.129 e. The van der Waals surface area contributed by atoms with Gasteiger partial charge in [-0.3, -0.25) is 0 Å². The molecule has 0 bridgehead atoms. The van der Waals surface area contributed by atoms with Crippen molar-refractivity contribution in [3.63, 3.8) is 0 Å². The Morgan fingerprint density at radius 2 is 2.00 bits per heavy atom. The van der Waals surface area contributed by atoms with Crippen LogP contribution in [-0.2, 0) is 0 Å². The van der Waals surface area contributed by atoms with Crippen LogP contribution in [0, 0.1) is 11.5 Å². The van der Waals surface area contributed by atoms with Crippen LogP contribution >= 0.6 is 43.2 Å². The zero-order chi connectivity index (χ0) is 11.5. The Hall–Kier alpha value is 0.177. The molecule has 1 aromatic heterocycles. The van der Waals surface area contributed by atoms with E-state index in [0.29, 0.717) is 0 Å². The standard InChI is InChI=1S/C11H12Br2SSi/c1-15(2,3)7-5-10(11(12)13)9-4-6-14-8-9/h4,6,8H,1-3H3. The molecular formula is C11H12Br2SSi. The van der Waals surface area contributed by atoms with E-state index < -0.39 is 8.07 Å². The second kappa shape index (κ2) is 5.49. The van der Waals surface area contributed by atoms with Crippen LogP contribution in [0.25, 0.3) is 5.57 Å². The van der Waals surface area contributed by atoms with E-state index in [9.17, 15) is 0 Å². The van der Waals surface area contributed by atoms with Crippen LogP contribution in [0.4, 0.5) is 0 Å². The molecule has 80 valence electrons. The van der Waals surface area contributed by atoms with Gasteiger partial charge in [0.1, 0.15) is 8.07 Å². The molecule has 0 N–H and O–H groups in total. The predicted octanol–water partition coefficient (Wildman–Crippen LogP) is 5.09. The zero-order valence-corrected chi connectivity index (χ0v) is 13.9. The maximum atomic E-state index is 3.44. The van der Waals surface area contributed by atoms with Crippen molar-refractivity contribution < 1.29 is 0 Å². The average Bonchev–Trinajstić information content (AvgIpc) is 2.54. The molecule has 0 saturated carbocycles. The van der Waals surface area contributed by atoms with Crippen molar-refractivity contribution in [2.45, 2.75) is 19.6 Å². The lowest BCUT2D eigenvalue weighted by atomic mass is 10.2. The highest BCUT2D eigenvalue weighted by molar-refractivity contribution is 9.28. The van der Waals surface area contributed by atoms with Gasteiger partial charge in [0.2, 0.25) is 0 Å². The number of hydrogen-bond donors (Lipinski definition) is 0. The van der Waals surface area contributed by atoms with Gasteiger partial charge >= 0.3 is 0 Å². The Bertz CT molecular complexity index is 412. The van der Waals surface area contributed by atoms with Crippen LogP contribution in [-0.4, -0.2) is 8.07 Å². The fourth-order valence-electron chi connectivity index (χ4n) is 0.885. The quantitative estimate of drug-likeness (QED) is 0.481. The first kappa shape index (κ1) is 13.2. The highest BCUT2D eigenvalue weighted by atomic mass is 79.9. The number of allylic oxidation sites excluding steroid dienone is 1. The van der Waals surface area contributed by atoms with Crippen molar-refractivity contribution in [2.75, 3.05) is 0 Å². The van der Waals surface area contributed by atoms with Gasteiger partial charge in [0, 0.05) is 5.56 Å². The molecule has 4 heteroatoms. The summed E-state index contributed by atoms with van der Waals surface area (Å²) in [7, 11) is -1.31. The lowest BCUT2D eigenvalue weighted by Crippen LogP contribution is -2.16. The SMILES string of the molecule is C[Si](C)(C)C#CC(=C(Br)Br)c1ccsc1. The molecule has 0 aliphatic heterocycles. The van der Waals surface area contributed by atoms with Crippen LogP contribution in [0.2, 0.25) is 19.6 Å². The highest BCUT2D eigenvalue weighted by Crippen LogP contribution is 2.28. The van der Waals surface area contributed by atoms with Gasteiger partial charge in [-0.05, 0) is 48.7 Å². The van der Waals surface area contributed by atoms with Gasteiger partial charge in [-0.1, -0.05) is 25.6 Å². The summed E-state index contributed by atoms with van der Waals surface area (Å²) in [6.45, 7) is 6.73. The number of thiophene rings is 1. The monoisotopic (exact) mass is 362 g/mol. The maximum absolute atomic E-state index is 3.44. The van der Waals surface area contributed by atoms with E-state index in [-0.39, 0.29) is 0 Å². The molecule has 0 aliphatic carbocycles. The largest absolute Gasteiger partial charge is 0.152 e. The second-order valence-electron chi connectivity index (χ2n) is 4.15. The predicted molar refractivity (Wildman–Crippen MR) is 80.2 cm³/mol. The van der Waals surface area contributed by atoms with E-state index in [1.165, 1.54) is 5.56 Å². The Kier molecular flexibility index (Phi) is 4.85. The molecule has 1 heterocycles. The van der Waals surface area contributed by atoms with Crippen LogP contribution in [0.5, 0.6) is 0 Å². The summed E-state index contributed by atoms with van der Waals surface area (Å²) in [4.78, 5) is 0. The highest BCUT2D eigenvalue weighted by Gasteiger charge is 2.09. The molecule has 0 unspecified atom stereocenters. The van der Waals surface area contributed by atoms with Gasteiger partial charge in [-0.15, -0.1) is 5.54 Å².